The highest BCUT2D eigenvalue weighted by atomic mass is 16.2. The molecule has 1 rings (SSSR count). The van der Waals surface area contributed by atoms with Gasteiger partial charge < -0.3 is 15.1 Å². The lowest BCUT2D eigenvalue weighted by atomic mass is 10.3. The molecule has 0 aromatic rings. The number of hydrogen-bond donors (Lipinski definition) is 1. The Hall–Kier alpha value is -1.26. The number of nitrogens with one attached hydrogen (secondary N) is 1. The number of nitrogens with zero attached hydrogens (tertiary/aromatic N) is 2. The van der Waals surface area contributed by atoms with Gasteiger partial charge in [-0.3, -0.25) is 4.79 Å². The summed E-state index contributed by atoms with van der Waals surface area (Å²) in [6.45, 7) is 7.59. The van der Waals surface area contributed by atoms with Crippen LogP contribution in [0.15, 0.2) is 0 Å². The molecule has 0 saturated carbocycles. The lowest BCUT2D eigenvalue weighted by Crippen LogP contribution is -2.42. The molecule has 1 aliphatic rings. The van der Waals surface area contributed by atoms with E-state index in [1.165, 1.54) is 0 Å². The first-order valence-corrected chi connectivity index (χ1v) is 6.99. The Bertz CT molecular complexity index is 281. The third-order valence-corrected chi connectivity index (χ3v) is 3.13. The van der Waals surface area contributed by atoms with Crippen LogP contribution in [0.25, 0.3) is 0 Å². The van der Waals surface area contributed by atoms with Crippen LogP contribution in [0, 0.1) is 0 Å². The molecule has 5 nitrogen and oxygen atoms in total. The molecule has 0 unspecified atom stereocenters. The fourth-order valence-electron chi connectivity index (χ4n) is 2.09. The van der Waals surface area contributed by atoms with E-state index >= 15 is 0 Å². The Balaban J connectivity index is 2.40. The molecule has 18 heavy (non-hydrogen) atoms. The predicted octanol–water partition coefficient (Wildman–Crippen LogP) is 1.44. The van der Waals surface area contributed by atoms with Crippen molar-refractivity contribution in [3.8, 4) is 0 Å². The second-order valence-electron chi connectivity index (χ2n) is 4.70. The van der Waals surface area contributed by atoms with Gasteiger partial charge in [-0.05, 0) is 19.3 Å². The number of urea groups is 1. The van der Waals surface area contributed by atoms with Crippen LogP contribution in [0.1, 0.15) is 39.5 Å². The molecule has 1 aliphatic heterocycles. The molecular weight excluding hydrogens is 230 g/mol. The number of hydrogen-bond acceptors (Lipinski definition) is 2. The molecule has 0 aliphatic carbocycles. The molecular formula is C13H25N3O2. The monoisotopic (exact) mass is 255 g/mol. The standard InChI is InChI=1S/C13H25N3O2/c1-3-6-12(17)15-8-5-9-16(11-10-15)13(18)14-7-4-2/h3-11H2,1-2H3,(H,14,18). The summed E-state index contributed by atoms with van der Waals surface area (Å²) in [6, 6.07) is 0.00152. The molecule has 0 spiro atoms. The first-order valence-electron chi connectivity index (χ1n) is 6.99. The summed E-state index contributed by atoms with van der Waals surface area (Å²) in [6.07, 6.45) is 3.31. The Morgan fingerprint density at radius 3 is 2.33 bits per heavy atom. The van der Waals surface area contributed by atoms with Crippen LogP contribution in [-0.2, 0) is 4.79 Å². The third kappa shape index (κ3) is 4.55. The van der Waals surface area contributed by atoms with Crippen molar-refractivity contribution in [3.63, 3.8) is 0 Å². The number of carbonyl (C=O) groups is 2. The summed E-state index contributed by atoms with van der Waals surface area (Å²) in [5.74, 6) is 0.216. The Morgan fingerprint density at radius 1 is 1.00 bits per heavy atom. The predicted molar refractivity (Wildman–Crippen MR) is 71.4 cm³/mol. The zero-order valence-corrected chi connectivity index (χ0v) is 11.6. The van der Waals surface area contributed by atoms with Crippen molar-refractivity contribution in [1.82, 2.24) is 15.1 Å². The van der Waals surface area contributed by atoms with E-state index < -0.39 is 0 Å². The van der Waals surface area contributed by atoms with Gasteiger partial charge in [0.15, 0.2) is 0 Å². The third-order valence-electron chi connectivity index (χ3n) is 3.13. The Labute approximate surface area is 110 Å². The lowest BCUT2D eigenvalue weighted by molar-refractivity contribution is -0.131. The molecule has 1 saturated heterocycles. The van der Waals surface area contributed by atoms with Crippen molar-refractivity contribution in [3.05, 3.63) is 0 Å². The van der Waals surface area contributed by atoms with E-state index in [1.54, 1.807) is 0 Å². The second kappa shape index (κ2) is 7.95. The van der Waals surface area contributed by atoms with Crippen molar-refractivity contribution >= 4 is 11.9 Å². The SMILES string of the molecule is CCCNC(=O)N1CCCN(C(=O)CCC)CC1. The van der Waals surface area contributed by atoms with E-state index in [0.29, 0.717) is 26.1 Å². The summed E-state index contributed by atoms with van der Waals surface area (Å²) >= 11 is 0. The van der Waals surface area contributed by atoms with Crippen molar-refractivity contribution in [2.45, 2.75) is 39.5 Å². The van der Waals surface area contributed by atoms with Gasteiger partial charge in [0.05, 0.1) is 0 Å². The maximum Gasteiger partial charge on any atom is 0.317 e. The van der Waals surface area contributed by atoms with E-state index in [-0.39, 0.29) is 11.9 Å². The molecule has 1 N–H and O–H groups in total. The number of amides is 3. The maximum absolute atomic E-state index is 11.8. The van der Waals surface area contributed by atoms with Crippen LogP contribution in [0.3, 0.4) is 0 Å². The molecule has 0 aromatic carbocycles. The van der Waals surface area contributed by atoms with Crippen molar-refractivity contribution in [1.29, 1.82) is 0 Å². The average Bonchev–Trinajstić information content (AvgIpc) is 2.62. The summed E-state index contributed by atoms with van der Waals surface area (Å²) in [4.78, 5) is 27.3. The van der Waals surface area contributed by atoms with Crippen LogP contribution in [0.4, 0.5) is 4.79 Å². The molecule has 0 aromatic heterocycles. The van der Waals surface area contributed by atoms with Gasteiger partial charge in [0.2, 0.25) is 5.91 Å². The summed E-state index contributed by atoms with van der Waals surface area (Å²) in [5, 5.41) is 2.88. The van der Waals surface area contributed by atoms with Gasteiger partial charge >= 0.3 is 6.03 Å². The first-order chi connectivity index (χ1) is 8.69. The minimum Gasteiger partial charge on any atom is -0.341 e. The van der Waals surface area contributed by atoms with Gasteiger partial charge in [0.1, 0.15) is 0 Å². The molecule has 104 valence electrons. The highest BCUT2D eigenvalue weighted by molar-refractivity contribution is 5.77. The van der Waals surface area contributed by atoms with Crippen LogP contribution in [-0.4, -0.2) is 54.5 Å². The minimum absolute atomic E-state index is 0.00152. The van der Waals surface area contributed by atoms with Gasteiger partial charge in [-0.15, -0.1) is 0 Å². The van der Waals surface area contributed by atoms with E-state index in [1.807, 2.05) is 23.6 Å². The highest BCUT2D eigenvalue weighted by Crippen LogP contribution is 2.06. The smallest absolute Gasteiger partial charge is 0.317 e. The van der Waals surface area contributed by atoms with Crippen molar-refractivity contribution in [2.24, 2.45) is 0 Å². The maximum atomic E-state index is 11.8. The zero-order valence-electron chi connectivity index (χ0n) is 11.6. The van der Waals surface area contributed by atoms with E-state index in [9.17, 15) is 9.59 Å². The summed E-state index contributed by atoms with van der Waals surface area (Å²) < 4.78 is 0. The van der Waals surface area contributed by atoms with Gasteiger partial charge in [-0.2, -0.15) is 0 Å². The Morgan fingerprint density at radius 2 is 1.67 bits per heavy atom. The quantitative estimate of drug-likeness (QED) is 0.826. The molecule has 0 atom stereocenters. The van der Waals surface area contributed by atoms with E-state index in [2.05, 4.69) is 5.32 Å². The Kier molecular flexibility index (Phi) is 6.54. The van der Waals surface area contributed by atoms with Crippen molar-refractivity contribution in [2.75, 3.05) is 32.7 Å². The largest absolute Gasteiger partial charge is 0.341 e. The fraction of sp³-hybridized carbons (Fsp3) is 0.846. The highest BCUT2D eigenvalue weighted by Gasteiger charge is 2.20. The number of rotatable bonds is 4. The normalized spacial score (nSPS) is 16.3. The molecule has 0 bridgehead atoms. The molecule has 3 amide bonds. The van der Waals surface area contributed by atoms with E-state index in [4.69, 9.17) is 0 Å². The van der Waals surface area contributed by atoms with Crippen LogP contribution in [0.5, 0.6) is 0 Å². The van der Waals surface area contributed by atoms with E-state index in [0.717, 1.165) is 32.4 Å². The second-order valence-corrected chi connectivity index (χ2v) is 4.70. The van der Waals surface area contributed by atoms with Gasteiger partial charge in [0.25, 0.3) is 0 Å². The van der Waals surface area contributed by atoms with Crippen LogP contribution >= 0.6 is 0 Å². The van der Waals surface area contributed by atoms with Crippen molar-refractivity contribution < 1.29 is 9.59 Å². The average molecular weight is 255 g/mol. The summed E-state index contributed by atoms with van der Waals surface area (Å²) in [5.41, 5.74) is 0. The minimum atomic E-state index is 0.00152. The van der Waals surface area contributed by atoms with Gasteiger partial charge in [-0.25, -0.2) is 4.79 Å². The summed E-state index contributed by atoms with van der Waals surface area (Å²) in [7, 11) is 0. The molecule has 0 radical (unpaired) electrons. The molecule has 5 heteroatoms. The van der Waals surface area contributed by atoms with Gasteiger partial charge in [0, 0.05) is 39.1 Å². The first kappa shape index (κ1) is 14.8. The van der Waals surface area contributed by atoms with Gasteiger partial charge in [-0.1, -0.05) is 13.8 Å². The topological polar surface area (TPSA) is 52.7 Å². The molecule has 1 heterocycles. The lowest BCUT2D eigenvalue weighted by Gasteiger charge is -2.22. The molecule has 1 fully saturated rings. The number of carbonyl (C=O) groups excluding carboxylic acids is 2. The fourth-order valence-corrected chi connectivity index (χ4v) is 2.09. The van der Waals surface area contributed by atoms with Crippen LogP contribution < -0.4 is 5.32 Å². The van der Waals surface area contributed by atoms with Crippen LogP contribution in [0.2, 0.25) is 0 Å². The zero-order chi connectivity index (χ0) is 13.4.